The molecule has 168 valence electrons. The van der Waals surface area contributed by atoms with E-state index in [0.29, 0.717) is 46.2 Å². The number of nitriles is 1. The molecular weight excluding hydrogens is 484 g/mol. The predicted molar refractivity (Wildman–Crippen MR) is 131 cm³/mol. The van der Waals surface area contributed by atoms with E-state index < -0.39 is 5.91 Å². The van der Waals surface area contributed by atoms with Crippen LogP contribution in [0, 0.1) is 11.3 Å². The second kappa shape index (κ2) is 11.7. The van der Waals surface area contributed by atoms with E-state index >= 15 is 0 Å². The first kappa shape index (κ1) is 23.9. The van der Waals surface area contributed by atoms with E-state index in [1.165, 1.54) is 13.2 Å². The quantitative estimate of drug-likeness (QED) is 0.285. The Labute approximate surface area is 201 Å². The lowest BCUT2D eigenvalue weighted by atomic mass is 10.1. The van der Waals surface area contributed by atoms with Crippen LogP contribution in [0.5, 0.6) is 17.2 Å². The van der Waals surface area contributed by atoms with Gasteiger partial charge in [0.15, 0.2) is 11.5 Å². The van der Waals surface area contributed by atoms with Crippen molar-refractivity contribution in [3.63, 3.8) is 0 Å². The van der Waals surface area contributed by atoms with Gasteiger partial charge >= 0.3 is 0 Å². The molecule has 0 aliphatic carbocycles. The fourth-order valence-electron chi connectivity index (χ4n) is 3.06. The number of benzene rings is 3. The maximum Gasteiger partial charge on any atom is 0.266 e. The molecule has 0 bridgehead atoms. The number of hydrogen-bond donors (Lipinski definition) is 1. The monoisotopic (exact) mass is 506 g/mol. The number of carbonyl (C=O) groups excluding carboxylic acids is 1. The largest absolute Gasteiger partial charge is 0.495 e. The van der Waals surface area contributed by atoms with E-state index in [9.17, 15) is 10.1 Å². The van der Waals surface area contributed by atoms with Crippen molar-refractivity contribution in [3.05, 3.63) is 87.9 Å². The number of methoxy groups -OCH3 is 1. The van der Waals surface area contributed by atoms with Gasteiger partial charge in [0.2, 0.25) is 0 Å². The molecule has 0 spiro atoms. The summed E-state index contributed by atoms with van der Waals surface area (Å²) in [4.78, 5) is 12.7. The number of anilines is 1. The number of para-hydroxylation sites is 2. The van der Waals surface area contributed by atoms with Gasteiger partial charge in [-0.1, -0.05) is 42.5 Å². The smallest absolute Gasteiger partial charge is 0.266 e. The molecule has 3 aromatic carbocycles. The summed E-state index contributed by atoms with van der Waals surface area (Å²) < 4.78 is 17.7. The first-order chi connectivity index (χ1) is 16.0. The Hall–Kier alpha value is -3.76. The minimum atomic E-state index is -0.541. The lowest BCUT2D eigenvalue weighted by Crippen LogP contribution is -2.14. The standard InChI is InChI=1S/C26H23BrN2O4/c1-3-32-24-15-19(14-21(27)25(24)33-17-18-9-5-4-6-10-18)13-20(16-28)26(30)29-22-11-7-8-12-23(22)31-2/h4-15H,3,17H2,1-2H3,(H,29,30)/b20-13+. The molecule has 3 rings (SSSR count). The highest BCUT2D eigenvalue weighted by Gasteiger charge is 2.15. The SMILES string of the molecule is CCOc1cc(/C=C(\C#N)C(=O)Nc2ccccc2OC)cc(Br)c1OCc1ccccc1. The fraction of sp³-hybridized carbons (Fsp3) is 0.154. The third-order valence-corrected chi connectivity index (χ3v) is 5.18. The lowest BCUT2D eigenvalue weighted by molar-refractivity contribution is -0.112. The third kappa shape index (κ3) is 6.37. The third-order valence-electron chi connectivity index (χ3n) is 4.59. The van der Waals surface area contributed by atoms with Crippen LogP contribution in [0.15, 0.2) is 76.8 Å². The molecule has 0 unspecified atom stereocenters. The molecule has 3 aromatic rings. The van der Waals surface area contributed by atoms with Crippen molar-refractivity contribution < 1.29 is 19.0 Å². The fourth-order valence-corrected chi connectivity index (χ4v) is 3.63. The van der Waals surface area contributed by atoms with Crippen LogP contribution in [-0.4, -0.2) is 19.6 Å². The average molecular weight is 507 g/mol. The van der Waals surface area contributed by atoms with Crippen LogP contribution in [0.3, 0.4) is 0 Å². The molecule has 6 nitrogen and oxygen atoms in total. The Morgan fingerprint density at radius 3 is 2.48 bits per heavy atom. The van der Waals surface area contributed by atoms with Gasteiger partial charge in [-0.3, -0.25) is 4.79 Å². The van der Waals surface area contributed by atoms with Gasteiger partial charge in [-0.2, -0.15) is 5.26 Å². The van der Waals surface area contributed by atoms with E-state index in [1.54, 1.807) is 36.4 Å². The molecule has 1 amide bonds. The Balaban J connectivity index is 1.86. The van der Waals surface area contributed by atoms with E-state index in [1.807, 2.05) is 43.3 Å². The summed E-state index contributed by atoms with van der Waals surface area (Å²) in [7, 11) is 1.51. The van der Waals surface area contributed by atoms with Gasteiger partial charge in [0.1, 0.15) is 24.0 Å². The number of ether oxygens (including phenoxy) is 3. The topological polar surface area (TPSA) is 80.6 Å². The van der Waals surface area contributed by atoms with Crippen LogP contribution in [0.2, 0.25) is 0 Å². The molecule has 0 aliphatic rings. The van der Waals surface area contributed by atoms with Gasteiger partial charge in [0.25, 0.3) is 5.91 Å². The highest BCUT2D eigenvalue weighted by molar-refractivity contribution is 9.10. The lowest BCUT2D eigenvalue weighted by Gasteiger charge is -2.15. The van der Waals surface area contributed by atoms with Gasteiger partial charge in [-0.15, -0.1) is 0 Å². The summed E-state index contributed by atoms with van der Waals surface area (Å²) in [6, 6.07) is 22.3. The number of carbonyl (C=O) groups is 1. The number of nitrogens with zero attached hydrogens (tertiary/aromatic N) is 1. The molecule has 0 fully saturated rings. The first-order valence-corrected chi connectivity index (χ1v) is 11.0. The van der Waals surface area contributed by atoms with Crippen molar-refractivity contribution in [2.45, 2.75) is 13.5 Å². The molecule has 0 saturated heterocycles. The molecule has 0 saturated carbocycles. The molecule has 7 heteroatoms. The van der Waals surface area contributed by atoms with Crippen molar-refractivity contribution in [2.24, 2.45) is 0 Å². The maximum absolute atomic E-state index is 12.7. The van der Waals surface area contributed by atoms with Crippen molar-refractivity contribution in [2.75, 3.05) is 19.0 Å². The zero-order valence-electron chi connectivity index (χ0n) is 18.3. The average Bonchev–Trinajstić information content (AvgIpc) is 2.83. The molecule has 0 aliphatic heterocycles. The van der Waals surface area contributed by atoms with Crippen LogP contribution in [0.25, 0.3) is 6.08 Å². The van der Waals surface area contributed by atoms with E-state index in [4.69, 9.17) is 14.2 Å². The number of nitrogens with one attached hydrogen (secondary N) is 1. The van der Waals surface area contributed by atoms with Crippen molar-refractivity contribution in [3.8, 4) is 23.3 Å². The summed E-state index contributed by atoms with van der Waals surface area (Å²) in [5.74, 6) is 1.02. The first-order valence-electron chi connectivity index (χ1n) is 10.2. The zero-order chi connectivity index (χ0) is 23.6. The van der Waals surface area contributed by atoms with Gasteiger partial charge in [0.05, 0.1) is 23.9 Å². The second-order valence-corrected chi connectivity index (χ2v) is 7.72. The van der Waals surface area contributed by atoms with E-state index in [-0.39, 0.29) is 5.57 Å². The highest BCUT2D eigenvalue weighted by Crippen LogP contribution is 2.38. The molecule has 1 N–H and O–H groups in total. The van der Waals surface area contributed by atoms with Gasteiger partial charge in [0, 0.05) is 0 Å². The zero-order valence-corrected chi connectivity index (χ0v) is 19.9. The highest BCUT2D eigenvalue weighted by atomic mass is 79.9. The predicted octanol–water partition coefficient (Wildman–Crippen LogP) is 5.98. The van der Waals surface area contributed by atoms with Crippen molar-refractivity contribution in [1.82, 2.24) is 0 Å². The minimum Gasteiger partial charge on any atom is -0.495 e. The summed E-state index contributed by atoms with van der Waals surface area (Å²) in [5, 5.41) is 12.3. The summed E-state index contributed by atoms with van der Waals surface area (Å²) >= 11 is 3.53. The molecule has 0 atom stereocenters. The van der Waals surface area contributed by atoms with Crippen LogP contribution >= 0.6 is 15.9 Å². The molecule has 0 aromatic heterocycles. The van der Waals surface area contributed by atoms with Gasteiger partial charge in [-0.25, -0.2) is 0 Å². The summed E-state index contributed by atoms with van der Waals surface area (Å²) in [6.07, 6.45) is 1.50. The normalized spacial score (nSPS) is 10.8. The van der Waals surface area contributed by atoms with Crippen LogP contribution in [-0.2, 0) is 11.4 Å². The van der Waals surface area contributed by atoms with Crippen molar-refractivity contribution >= 4 is 33.6 Å². The second-order valence-electron chi connectivity index (χ2n) is 6.86. The van der Waals surface area contributed by atoms with Crippen LogP contribution in [0.1, 0.15) is 18.1 Å². The maximum atomic E-state index is 12.7. The number of hydrogen-bond acceptors (Lipinski definition) is 5. The summed E-state index contributed by atoms with van der Waals surface area (Å²) in [5.41, 5.74) is 2.06. The van der Waals surface area contributed by atoms with Crippen molar-refractivity contribution in [1.29, 1.82) is 5.26 Å². The Bertz CT molecular complexity index is 1190. The summed E-state index contributed by atoms with van der Waals surface area (Å²) in [6.45, 7) is 2.68. The van der Waals surface area contributed by atoms with Gasteiger partial charge in [-0.05, 0) is 64.3 Å². The number of rotatable bonds is 9. The Morgan fingerprint density at radius 2 is 1.79 bits per heavy atom. The molecular formula is C26H23BrN2O4. The molecule has 33 heavy (non-hydrogen) atoms. The van der Waals surface area contributed by atoms with E-state index in [2.05, 4.69) is 21.2 Å². The number of amides is 1. The van der Waals surface area contributed by atoms with E-state index in [0.717, 1.165) is 5.56 Å². The number of halogens is 1. The minimum absolute atomic E-state index is 0.0618. The molecule has 0 heterocycles. The molecule has 0 radical (unpaired) electrons. The Morgan fingerprint density at radius 1 is 1.06 bits per heavy atom. The Kier molecular flexibility index (Phi) is 8.50. The van der Waals surface area contributed by atoms with Gasteiger partial charge < -0.3 is 19.5 Å². The van der Waals surface area contributed by atoms with Crippen LogP contribution in [0.4, 0.5) is 5.69 Å². The van der Waals surface area contributed by atoms with Crippen LogP contribution < -0.4 is 19.5 Å².